The number of nitrogens with zero attached hydrogens (tertiary/aromatic N) is 1. The zero-order valence-corrected chi connectivity index (χ0v) is 18.8. The molecule has 0 fully saturated rings. The van der Waals surface area contributed by atoms with E-state index in [1.807, 2.05) is 12.1 Å². The van der Waals surface area contributed by atoms with Crippen LogP contribution >= 0.6 is 0 Å². The summed E-state index contributed by atoms with van der Waals surface area (Å²) in [6.45, 7) is 8.74. The van der Waals surface area contributed by atoms with Crippen LogP contribution in [-0.4, -0.2) is 30.7 Å². The lowest BCUT2D eigenvalue weighted by Gasteiger charge is -2.42. The van der Waals surface area contributed by atoms with Gasteiger partial charge in [-0.05, 0) is 53.0 Å². The number of fused-ring (bicyclic) bond motifs is 2. The van der Waals surface area contributed by atoms with Crippen LogP contribution in [0.2, 0.25) is 0 Å². The first-order valence-electron chi connectivity index (χ1n) is 10.1. The van der Waals surface area contributed by atoms with E-state index < -0.39 is 15.8 Å². The minimum Gasteiger partial charge on any atom is -0.505 e. The monoisotopic (exact) mass is 425 g/mol. The first-order chi connectivity index (χ1) is 13.9. The molecule has 5 nitrogen and oxygen atoms in total. The molecule has 0 bridgehead atoms. The molecule has 0 atom stereocenters. The van der Waals surface area contributed by atoms with Crippen LogP contribution in [0.5, 0.6) is 0 Å². The zero-order valence-electron chi connectivity index (χ0n) is 18.0. The van der Waals surface area contributed by atoms with Crippen LogP contribution in [0.25, 0.3) is 5.76 Å². The summed E-state index contributed by atoms with van der Waals surface area (Å²) < 4.78 is 26.8. The van der Waals surface area contributed by atoms with Gasteiger partial charge in [0.1, 0.15) is 5.70 Å². The van der Waals surface area contributed by atoms with Crippen molar-refractivity contribution in [3.8, 4) is 0 Å². The van der Waals surface area contributed by atoms with Gasteiger partial charge in [0.15, 0.2) is 5.76 Å². The van der Waals surface area contributed by atoms with Crippen molar-refractivity contribution >= 4 is 21.6 Å². The standard InChI is InChI=1S/C24H27NO4S/c1-23(2)12-13-24(3,4)18-14-15(10-11-17(18)23)21(26)20-22(27)16-8-6-7-9-19(16)30(28,29)25(20)5/h6-11,14,27H,12-13H2,1-5H3. The van der Waals surface area contributed by atoms with Gasteiger partial charge in [0, 0.05) is 18.2 Å². The molecular formula is C24H27NO4S. The van der Waals surface area contributed by atoms with Crippen LogP contribution < -0.4 is 0 Å². The second-order valence-electron chi connectivity index (χ2n) is 9.52. The highest BCUT2D eigenvalue weighted by Crippen LogP contribution is 2.46. The SMILES string of the molecule is CN1C(C(=O)c2ccc3c(c2)C(C)(C)CCC3(C)C)=C(O)c2ccccc2S1(=O)=O. The number of rotatable bonds is 2. The quantitative estimate of drug-likeness (QED) is 0.703. The van der Waals surface area contributed by atoms with Crippen LogP contribution in [0.3, 0.4) is 0 Å². The maximum atomic E-state index is 13.5. The number of aliphatic hydroxyl groups is 1. The molecule has 0 saturated carbocycles. The van der Waals surface area contributed by atoms with E-state index in [0.717, 1.165) is 22.7 Å². The summed E-state index contributed by atoms with van der Waals surface area (Å²) in [5, 5.41) is 10.8. The summed E-state index contributed by atoms with van der Waals surface area (Å²) in [5.74, 6) is -0.819. The Kier molecular flexibility index (Phi) is 4.44. The van der Waals surface area contributed by atoms with Crippen LogP contribution in [-0.2, 0) is 20.9 Å². The average molecular weight is 426 g/mol. The summed E-state index contributed by atoms with van der Waals surface area (Å²) in [5.41, 5.74) is 2.55. The smallest absolute Gasteiger partial charge is 0.265 e. The number of benzene rings is 2. The summed E-state index contributed by atoms with van der Waals surface area (Å²) in [6, 6.07) is 11.8. The number of likely N-dealkylation sites (N-methyl/N-ethyl adjacent to an activating group) is 1. The van der Waals surface area contributed by atoms with Crippen molar-refractivity contribution < 1.29 is 18.3 Å². The molecule has 1 N–H and O–H groups in total. The molecule has 30 heavy (non-hydrogen) atoms. The molecule has 158 valence electrons. The molecule has 0 aromatic heterocycles. The number of aliphatic hydroxyl groups excluding tert-OH is 1. The number of allylic oxidation sites excluding steroid dienone is 1. The third kappa shape index (κ3) is 2.88. The lowest BCUT2D eigenvalue weighted by Crippen LogP contribution is -2.36. The van der Waals surface area contributed by atoms with E-state index in [2.05, 4.69) is 27.7 Å². The Morgan fingerprint density at radius 2 is 1.57 bits per heavy atom. The van der Waals surface area contributed by atoms with Gasteiger partial charge in [-0.25, -0.2) is 8.42 Å². The Labute approximate surface area is 178 Å². The van der Waals surface area contributed by atoms with E-state index >= 15 is 0 Å². The molecule has 6 heteroatoms. The van der Waals surface area contributed by atoms with Crippen molar-refractivity contribution in [2.24, 2.45) is 0 Å². The van der Waals surface area contributed by atoms with Crippen molar-refractivity contribution in [3.63, 3.8) is 0 Å². The van der Waals surface area contributed by atoms with E-state index in [1.54, 1.807) is 18.2 Å². The minimum absolute atomic E-state index is 0.00475. The third-order valence-electron chi connectivity index (χ3n) is 6.65. The van der Waals surface area contributed by atoms with Crippen LogP contribution in [0.15, 0.2) is 53.1 Å². The highest BCUT2D eigenvalue weighted by atomic mass is 32.2. The van der Waals surface area contributed by atoms with Gasteiger partial charge in [0.25, 0.3) is 10.0 Å². The number of Topliss-reactive ketones (excluding diaryl/α,β-unsaturated/α-hetero) is 1. The number of hydrogen-bond donors (Lipinski definition) is 1. The normalized spacial score (nSPS) is 21.0. The molecular weight excluding hydrogens is 398 g/mol. The molecule has 0 amide bonds. The molecule has 1 aliphatic heterocycles. The van der Waals surface area contributed by atoms with Gasteiger partial charge in [-0.1, -0.05) is 52.0 Å². The Morgan fingerprint density at radius 1 is 0.967 bits per heavy atom. The Morgan fingerprint density at radius 3 is 2.23 bits per heavy atom. The van der Waals surface area contributed by atoms with E-state index in [1.165, 1.54) is 24.7 Å². The van der Waals surface area contributed by atoms with Crippen molar-refractivity contribution in [2.45, 2.75) is 56.3 Å². The van der Waals surface area contributed by atoms with Gasteiger partial charge in [-0.2, -0.15) is 0 Å². The summed E-state index contributed by atoms with van der Waals surface area (Å²) in [7, 11) is -2.61. The van der Waals surface area contributed by atoms with Crippen LogP contribution in [0, 0.1) is 0 Å². The number of hydrogen-bond acceptors (Lipinski definition) is 4. The van der Waals surface area contributed by atoms with Crippen molar-refractivity contribution in [2.75, 3.05) is 7.05 Å². The summed E-state index contributed by atoms with van der Waals surface area (Å²) >= 11 is 0. The fraction of sp³-hybridized carbons (Fsp3) is 0.375. The maximum absolute atomic E-state index is 13.5. The molecule has 1 aliphatic carbocycles. The van der Waals surface area contributed by atoms with E-state index in [-0.39, 0.29) is 32.7 Å². The van der Waals surface area contributed by atoms with Crippen LogP contribution in [0.1, 0.15) is 67.6 Å². The summed E-state index contributed by atoms with van der Waals surface area (Å²) in [4.78, 5) is 13.4. The highest BCUT2D eigenvalue weighted by molar-refractivity contribution is 7.89. The molecule has 0 radical (unpaired) electrons. The van der Waals surface area contributed by atoms with Gasteiger partial charge < -0.3 is 5.11 Å². The molecule has 0 spiro atoms. The zero-order chi connectivity index (χ0) is 22.1. The summed E-state index contributed by atoms with van der Waals surface area (Å²) in [6.07, 6.45) is 2.06. The molecule has 0 saturated heterocycles. The van der Waals surface area contributed by atoms with E-state index in [9.17, 15) is 18.3 Å². The Hall–Kier alpha value is -2.60. The Bertz CT molecular complexity index is 1210. The molecule has 0 unspecified atom stereocenters. The fourth-order valence-electron chi connectivity index (χ4n) is 4.55. The predicted molar refractivity (Wildman–Crippen MR) is 117 cm³/mol. The maximum Gasteiger partial charge on any atom is 0.265 e. The number of sulfonamides is 1. The lowest BCUT2D eigenvalue weighted by molar-refractivity contribution is 0.101. The van der Waals surface area contributed by atoms with Gasteiger partial charge in [0.2, 0.25) is 5.78 Å². The van der Waals surface area contributed by atoms with E-state index in [4.69, 9.17) is 0 Å². The molecule has 4 rings (SSSR count). The third-order valence-corrected chi connectivity index (χ3v) is 8.47. The minimum atomic E-state index is -3.92. The predicted octanol–water partition coefficient (Wildman–Crippen LogP) is 4.78. The topological polar surface area (TPSA) is 74.7 Å². The molecule has 1 heterocycles. The largest absolute Gasteiger partial charge is 0.505 e. The van der Waals surface area contributed by atoms with Crippen molar-refractivity contribution in [1.82, 2.24) is 4.31 Å². The van der Waals surface area contributed by atoms with Gasteiger partial charge >= 0.3 is 0 Å². The second-order valence-corrected chi connectivity index (χ2v) is 11.5. The van der Waals surface area contributed by atoms with Gasteiger partial charge in [-0.3, -0.25) is 9.10 Å². The van der Waals surface area contributed by atoms with Crippen molar-refractivity contribution in [3.05, 3.63) is 70.4 Å². The molecule has 2 aromatic rings. The molecule has 2 aromatic carbocycles. The highest BCUT2D eigenvalue weighted by Gasteiger charge is 2.40. The van der Waals surface area contributed by atoms with E-state index in [0.29, 0.717) is 5.56 Å². The number of carbonyl (C=O) groups excluding carboxylic acids is 1. The first kappa shape index (κ1) is 20.7. The number of ketones is 1. The Balaban J connectivity index is 1.89. The molecule has 2 aliphatic rings. The first-order valence-corrected chi connectivity index (χ1v) is 11.5. The lowest BCUT2D eigenvalue weighted by atomic mass is 9.63. The van der Waals surface area contributed by atoms with Gasteiger partial charge in [-0.15, -0.1) is 0 Å². The van der Waals surface area contributed by atoms with Crippen molar-refractivity contribution in [1.29, 1.82) is 0 Å². The second kappa shape index (κ2) is 6.45. The fourth-order valence-corrected chi connectivity index (χ4v) is 5.95. The van der Waals surface area contributed by atoms with Gasteiger partial charge in [0.05, 0.1) is 4.90 Å². The van der Waals surface area contributed by atoms with Crippen LogP contribution in [0.4, 0.5) is 0 Å². The average Bonchev–Trinajstić information content (AvgIpc) is 2.70. The number of carbonyl (C=O) groups is 1.